The molecule has 2 rings (SSSR count). The van der Waals surface area contributed by atoms with E-state index in [9.17, 15) is 5.11 Å². The number of hydrogen-bond donors (Lipinski definition) is 1. The Morgan fingerprint density at radius 1 is 1.00 bits per heavy atom. The summed E-state index contributed by atoms with van der Waals surface area (Å²) in [4.78, 5) is 9.19. The van der Waals surface area contributed by atoms with Crippen LogP contribution in [0.1, 0.15) is 39.5 Å². The molecule has 1 aliphatic carbocycles. The van der Waals surface area contributed by atoms with E-state index in [1.807, 2.05) is 0 Å². The predicted octanol–water partition coefficient (Wildman–Crippen LogP) is 2.03. The number of hydrogen-bond acceptors (Lipinski definition) is 5. The number of aliphatic hydroxyl groups is 1. The highest BCUT2D eigenvalue weighted by Gasteiger charge is 2.38. The first-order valence-corrected chi connectivity index (χ1v) is 7.50. The number of nitrogens with zero attached hydrogens (tertiary/aromatic N) is 2. The van der Waals surface area contributed by atoms with Crippen molar-refractivity contribution in [1.29, 1.82) is 0 Å². The molecule has 1 aliphatic heterocycles. The quantitative estimate of drug-likeness (QED) is 0.861. The van der Waals surface area contributed by atoms with Gasteiger partial charge in [-0.2, -0.15) is 0 Å². The normalized spacial score (nSPS) is 29.1. The zero-order valence-corrected chi connectivity index (χ0v) is 12.9. The molecule has 0 amide bonds. The van der Waals surface area contributed by atoms with Crippen LogP contribution in [-0.2, 0) is 9.47 Å². The second kappa shape index (κ2) is 6.57. The number of methoxy groups -OCH3 is 2. The van der Waals surface area contributed by atoms with Gasteiger partial charge in [0.1, 0.15) is 6.04 Å². The Balaban J connectivity index is 2.22. The summed E-state index contributed by atoms with van der Waals surface area (Å²) in [5.74, 6) is 1.70. The van der Waals surface area contributed by atoms with Crippen molar-refractivity contribution in [2.24, 2.45) is 21.8 Å². The molecule has 0 spiro atoms. The van der Waals surface area contributed by atoms with Crippen LogP contribution in [0.15, 0.2) is 9.98 Å². The summed E-state index contributed by atoms with van der Waals surface area (Å²) in [5.41, 5.74) is 0. The highest BCUT2D eigenvalue weighted by molar-refractivity contribution is 5.94. The molecular formula is C15H26N2O3. The molecule has 1 heterocycles. The molecule has 0 radical (unpaired) electrons. The molecule has 5 heteroatoms. The summed E-state index contributed by atoms with van der Waals surface area (Å²) < 4.78 is 10.8. The van der Waals surface area contributed by atoms with Crippen LogP contribution >= 0.6 is 0 Å². The van der Waals surface area contributed by atoms with Crippen molar-refractivity contribution in [3.63, 3.8) is 0 Å². The van der Waals surface area contributed by atoms with Crippen LogP contribution in [0.25, 0.3) is 0 Å². The highest BCUT2D eigenvalue weighted by Crippen LogP contribution is 2.31. The maximum absolute atomic E-state index is 10.6. The minimum atomic E-state index is -0.533. The van der Waals surface area contributed by atoms with Gasteiger partial charge in [0.2, 0.25) is 11.8 Å². The first-order chi connectivity index (χ1) is 9.58. The Hall–Kier alpha value is -1.10. The van der Waals surface area contributed by atoms with Crippen LogP contribution in [-0.4, -0.2) is 49.3 Å². The molecule has 1 saturated carbocycles. The summed E-state index contributed by atoms with van der Waals surface area (Å²) in [6.07, 6.45) is 3.95. The largest absolute Gasteiger partial charge is 0.483 e. The van der Waals surface area contributed by atoms with Crippen LogP contribution in [0.3, 0.4) is 0 Å². The third kappa shape index (κ3) is 2.97. The predicted molar refractivity (Wildman–Crippen MR) is 79.3 cm³/mol. The van der Waals surface area contributed by atoms with E-state index in [0.717, 1.165) is 12.8 Å². The zero-order chi connectivity index (χ0) is 14.7. The molecule has 0 saturated heterocycles. The van der Waals surface area contributed by atoms with E-state index in [4.69, 9.17) is 9.47 Å². The van der Waals surface area contributed by atoms with Gasteiger partial charge in [-0.15, -0.1) is 0 Å². The lowest BCUT2D eigenvalue weighted by molar-refractivity contribution is 0.0949. The van der Waals surface area contributed by atoms with E-state index < -0.39 is 12.1 Å². The molecule has 0 aromatic carbocycles. The van der Waals surface area contributed by atoms with Gasteiger partial charge in [0.15, 0.2) is 6.04 Å². The van der Waals surface area contributed by atoms with Crippen molar-refractivity contribution in [2.75, 3.05) is 14.2 Å². The minimum absolute atomic E-state index is 0.123. The summed E-state index contributed by atoms with van der Waals surface area (Å²) in [6, 6.07) is -0.546. The SMILES string of the molecule is COC1=N[C@H](C(C)C)C(OC)=N[C@H]1[C@H](O)C1CCCC1. The van der Waals surface area contributed by atoms with Crippen LogP contribution in [0.4, 0.5) is 0 Å². The lowest BCUT2D eigenvalue weighted by Gasteiger charge is -2.31. The third-order valence-electron chi connectivity index (χ3n) is 4.29. The standard InChI is InChI=1S/C15H26N2O3/c1-9(2)11-14(19-3)17-12(15(16-11)20-4)13(18)10-7-5-6-8-10/h9-13,18H,5-8H2,1-4H3/t11-,12+,13-/m1/s1. The monoisotopic (exact) mass is 282 g/mol. The van der Waals surface area contributed by atoms with Gasteiger partial charge >= 0.3 is 0 Å². The molecule has 0 aromatic rings. The Morgan fingerprint density at radius 2 is 1.50 bits per heavy atom. The Kier molecular flexibility index (Phi) is 5.02. The van der Waals surface area contributed by atoms with Crippen LogP contribution in [0.5, 0.6) is 0 Å². The number of aliphatic hydroxyl groups excluding tert-OH is 1. The smallest absolute Gasteiger partial charge is 0.212 e. The first kappa shape index (κ1) is 15.3. The van der Waals surface area contributed by atoms with Crippen molar-refractivity contribution in [2.45, 2.75) is 57.7 Å². The molecule has 20 heavy (non-hydrogen) atoms. The fraction of sp³-hybridized carbons (Fsp3) is 0.867. The van der Waals surface area contributed by atoms with Crippen LogP contribution < -0.4 is 0 Å². The van der Waals surface area contributed by atoms with Gasteiger partial charge in [0.05, 0.1) is 20.3 Å². The molecular weight excluding hydrogens is 256 g/mol. The maximum Gasteiger partial charge on any atom is 0.212 e. The van der Waals surface area contributed by atoms with Gasteiger partial charge in [0.25, 0.3) is 0 Å². The highest BCUT2D eigenvalue weighted by atomic mass is 16.5. The average Bonchev–Trinajstić information content (AvgIpc) is 2.99. The van der Waals surface area contributed by atoms with Crippen molar-refractivity contribution in [1.82, 2.24) is 0 Å². The van der Waals surface area contributed by atoms with Gasteiger partial charge < -0.3 is 14.6 Å². The molecule has 0 bridgehead atoms. The van der Waals surface area contributed by atoms with Gasteiger partial charge in [0, 0.05) is 0 Å². The molecule has 0 unspecified atom stereocenters. The van der Waals surface area contributed by atoms with Crippen molar-refractivity contribution < 1.29 is 14.6 Å². The maximum atomic E-state index is 10.6. The summed E-state index contributed by atoms with van der Waals surface area (Å²) in [5, 5.41) is 10.6. The fourth-order valence-corrected chi connectivity index (χ4v) is 3.10. The van der Waals surface area contributed by atoms with Gasteiger partial charge in [-0.05, 0) is 24.7 Å². The molecule has 5 nitrogen and oxygen atoms in total. The Labute approximate surface area is 121 Å². The lowest BCUT2D eigenvalue weighted by atomic mass is 9.93. The van der Waals surface area contributed by atoms with Crippen LogP contribution in [0.2, 0.25) is 0 Å². The van der Waals surface area contributed by atoms with E-state index in [1.165, 1.54) is 12.8 Å². The molecule has 3 atom stereocenters. The Morgan fingerprint density at radius 3 is 2.00 bits per heavy atom. The van der Waals surface area contributed by atoms with Crippen molar-refractivity contribution in [3.8, 4) is 0 Å². The van der Waals surface area contributed by atoms with E-state index in [-0.39, 0.29) is 17.9 Å². The molecule has 1 fully saturated rings. The average molecular weight is 282 g/mol. The first-order valence-electron chi connectivity index (χ1n) is 7.50. The molecule has 0 aromatic heterocycles. The summed E-state index contributed by atoms with van der Waals surface area (Å²) in [7, 11) is 3.21. The van der Waals surface area contributed by atoms with Gasteiger partial charge in [-0.3, -0.25) is 0 Å². The topological polar surface area (TPSA) is 63.4 Å². The second-order valence-corrected chi connectivity index (χ2v) is 6.01. The molecule has 2 aliphatic rings. The van der Waals surface area contributed by atoms with Crippen molar-refractivity contribution in [3.05, 3.63) is 0 Å². The number of rotatable bonds is 3. The molecule has 1 N–H and O–H groups in total. The fourth-order valence-electron chi connectivity index (χ4n) is 3.10. The Bertz CT molecular complexity index is 387. The van der Waals surface area contributed by atoms with E-state index in [0.29, 0.717) is 11.8 Å². The minimum Gasteiger partial charge on any atom is -0.483 e. The zero-order valence-electron chi connectivity index (χ0n) is 12.9. The summed E-state index contributed by atoms with van der Waals surface area (Å²) in [6.45, 7) is 4.15. The van der Waals surface area contributed by atoms with E-state index in [1.54, 1.807) is 14.2 Å². The lowest BCUT2D eigenvalue weighted by Crippen LogP contribution is -2.45. The van der Waals surface area contributed by atoms with Crippen LogP contribution in [0, 0.1) is 11.8 Å². The van der Waals surface area contributed by atoms with E-state index >= 15 is 0 Å². The van der Waals surface area contributed by atoms with E-state index in [2.05, 4.69) is 23.8 Å². The number of aliphatic imine (C=N–C) groups is 2. The third-order valence-corrected chi connectivity index (χ3v) is 4.29. The molecule has 114 valence electrons. The van der Waals surface area contributed by atoms with Crippen molar-refractivity contribution >= 4 is 11.8 Å². The second-order valence-electron chi connectivity index (χ2n) is 6.01. The number of ether oxygens (including phenoxy) is 2. The van der Waals surface area contributed by atoms with Gasteiger partial charge in [-0.1, -0.05) is 26.7 Å². The van der Waals surface area contributed by atoms with Gasteiger partial charge in [-0.25, -0.2) is 9.98 Å². The summed E-state index contributed by atoms with van der Waals surface area (Å²) >= 11 is 0.